The van der Waals surface area contributed by atoms with Crippen LogP contribution >= 0.6 is 0 Å². The van der Waals surface area contributed by atoms with Gasteiger partial charge < -0.3 is 19.3 Å². The Kier molecular flexibility index (Phi) is 6.65. The zero-order valence-electron chi connectivity index (χ0n) is 17.9. The smallest absolute Gasteiger partial charge is 0.450 e. The van der Waals surface area contributed by atoms with Gasteiger partial charge in [0, 0.05) is 18.1 Å². The molecule has 3 aliphatic heterocycles. The molecule has 3 fully saturated rings. The highest BCUT2D eigenvalue weighted by Gasteiger charge is 2.43. The number of hydrogen-bond acceptors (Lipinski definition) is 4. The summed E-state index contributed by atoms with van der Waals surface area (Å²) in [6.45, 7) is 3.94. The van der Waals surface area contributed by atoms with E-state index >= 15 is 0 Å². The average molecular weight is 441 g/mol. The monoisotopic (exact) mass is 440 g/mol. The molecule has 3 heterocycles. The van der Waals surface area contributed by atoms with Crippen molar-refractivity contribution >= 4 is 6.09 Å². The van der Waals surface area contributed by atoms with E-state index in [0.717, 1.165) is 58.0 Å². The van der Waals surface area contributed by atoms with Crippen LogP contribution in [0.1, 0.15) is 63.4 Å². The molecule has 3 saturated heterocycles. The minimum Gasteiger partial charge on any atom is -0.450 e. The SMILES string of the molecule is CCOC(=O)N1C2CCC(N3CCC(c4ccccc4OC(F)(F)F)CC3)CC1CC2. The maximum absolute atomic E-state index is 12.8. The molecule has 2 bridgehead atoms. The van der Waals surface area contributed by atoms with Crippen LogP contribution in [0.15, 0.2) is 24.3 Å². The van der Waals surface area contributed by atoms with E-state index in [4.69, 9.17) is 4.74 Å². The van der Waals surface area contributed by atoms with Crippen LogP contribution < -0.4 is 4.74 Å². The number of nitrogens with zero attached hydrogens (tertiary/aromatic N) is 2. The first kappa shape index (κ1) is 22.2. The highest BCUT2D eigenvalue weighted by Crippen LogP contribution is 2.40. The van der Waals surface area contributed by atoms with E-state index in [1.165, 1.54) is 6.07 Å². The molecule has 0 spiro atoms. The number of amides is 1. The standard InChI is InChI=1S/C23H31F3N2O3/c1-2-30-22(29)28-17-7-9-18(15-19(28)10-8-17)27-13-11-16(12-14-27)20-5-3-4-6-21(20)31-23(24,25)26/h3-6,16-19H,2,7-15H2,1H3. The Labute approximate surface area is 181 Å². The summed E-state index contributed by atoms with van der Waals surface area (Å²) in [7, 11) is 0. The highest BCUT2D eigenvalue weighted by atomic mass is 19.4. The number of piperidine rings is 1. The van der Waals surface area contributed by atoms with Gasteiger partial charge in [-0.3, -0.25) is 0 Å². The zero-order chi connectivity index (χ0) is 22.0. The molecular weight excluding hydrogens is 409 g/mol. The van der Waals surface area contributed by atoms with E-state index in [1.807, 2.05) is 11.8 Å². The number of likely N-dealkylation sites (tertiary alicyclic amines) is 1. The lowest BCUT2D eigenvalue weighted by atomic mass is 9.87. The van der Waals surface area contributed by atoms with Gasteiger partial charge in [-0.1, -0.05) is 18.2 Å². The second kappa shape index (κ2) is 9.27. The summed E-state index contributed by atoms with van der Waals surface area (Å²) >= 11 is 0. The van der Waals surface area contributed by atoms with E-state index in [2.05, 4.69) is 9.64 Å². The van der Waals surface area contributed by atoms with Gasteiger partial charge in [-0.25, -0.2) is 4.79 Å². The normalized spacial score (nSPS) is 27.7. The van der Waals surface area contributed by atoms with Crippen LogP contribution in [0.4, 0.5) is 18.0 Å². The molecular formula is C23H31F3N2O3. The number of benzene rings is 1. The van der Waals surface area contributed by atoms with Crippen LogP contribution in [0.3, 0.4) is 0 Å². The summed E-state index contributed by atoms with van der Waals surface area (Å²) in [5, 5.41) is 0. The summed E-state index contributed by atoms with van der Waals surface area (Å²) < 4.78 is 47.9. The van der Waals surface area contributed by atoms with E-state index in [1.54, 1.807) is 18.2 Å². The molecule has 3 aliphatic rings. The maximum Gasteiger partial charge on any atom is 0.573 e. The number of rotatable bonds is 4. The summed E-state index contributed by atoms with van der Waals surface area (Å²) in [5.41, 5.74) is 0.646. The Morgan fingerprint density at radius 3 is 2.32 bits per heavy atom. The van der Waals surface area contributed by atoms with Gasteiger partial charge >= 0.3 is 12.5 Å². The molecule has 0 aromatic heterocycles. The molecule has 3 unspecified atom stereocenters. The van der Waals surface area contributed by atoms with Crippen molar-refractivity contribution in [1.29, 1.82) is 0 Å². The molecule has 8 heteroatoms. The van der Waals surface area contributed by atoms with E-state index in [-0.39, 0.29) is 29.8 Å². The third kappa shape index (κ3) is 5.10. The molecule has 0 aliphatic carbocycles. The van der Waals surface area contributed by atoms with Gasteiger partial charge in [0.05, 0.1) is 6.61 Å². The van der Waals surface area contributed by atoms with E-state index in [0.29, 0.717) is 18.2 Å². The number of hydrogen-bond donors (Lipinski definition) is 0. The molecule has 1 aromatic carbocycles. The van der Waals surface area contributed by atoms with Gasteiger partial charge in [-0.15, -0.1) is 13.2 Å². The number of ether oxygens (including phenoxy) is 2. The first-order chi connectivity index (χ1) is 14.9. The average Bonchev–Trinajstić information content (AvgIpc) is 3.02. The number of carbonyl (C=O) groups is 1. The zero-order valence-corrected chi connectivity index (χ0v) is 17.9. The molecule has 1 amide bonds. The van der Waals surface area contributed by atoms with Crippen LogP contribution in [0.5, 0.6) is 5.75 Å². The molecule has 0 radical (unpaired) electrons. The quantitative estimate of drug-likeness (QED) is 0.637. The first-order valence-corrected chi connectivity index (χ1v) is 11.4. The molecule has 5 nitrogen and oxygen atoms in total. The predicted molar refractivity (Wildman–Crippen MR) is 110 cm³/mol. The summed E-state index contributed by atoms with van der Waals surface area (Å²) in [5.74, 6) is -0.0154. The second-order valence-electron chi connectivity index (χ2n) is 8.85. The fourth-order valence-electron chi connectivity index (χ4n) is 5.73. The van der Waals surface area contributed by atoms with Gasteiger partial charge in [0.1, 0.15) is 5.75 Å². The third-order valence-corrected chi connectivity index (χ3v) is 7.11. The van der Waals surface area contributed by atoms with Crippen molar-refractivity contribution in [3.63, 3.8) is 0 Å². The van der Waals surface area contributed by atoms with Crippen LogP contribution in [-0.4, -0.2) is 60.1 Å². The molecule has 0 N–H and O–H groups in total. The van der Waals surface area contributed by atoms with Crippen molar-refractivity contribution in [2.24, 2.45) is 0 Å². The lowest BCUT2D eigenvalue weighted by Crippen LogP contribution is -2.44. The van der Waals surface area contributed by atoms with Crippen LogP contribution in [0.25, 0.3) is 0 Å². The van der Waals surface area contributed by atoms with Gasteiger partial charge in [0.15, 0.2) is 0 Å². The number of para-hydroxylation sites is 1. The predicted octanol–water partition coefficient (Wildman–Crippen LogP) is 5.31. The fraction of sp³-hybridized carbons (Fsp3) is 0.696. The fourth-order valence-corrected chi connectivity index (χ4v) is 5.73. The molecule has 0 saturated carbocycles. The Morgan fingerprint density at radius 2 is 1.65 bits per heavy atom. The Morgan fingerprint density at radius 1 is 1.00 bits per heavy atom. The number of fused-ring (bicyclic) bond motifs is 2. The minimum absolute atomic E-state index is 0.0630. The van der Waals surface area contributed by atoms with Gasteiger partial charge in [0.2, 0.25) is 0 Å². The van der Waals surface area contributed by atoms with Crippen molar-refractivity contribution in [2.45, 2.75) is 82.3 Å². The van der Waals surface area contributed by atoms with E-state index < -0.39 is 6.36 Å². The van der Waals surface area contributed by atoms with Gasteiger partial charge in [0.25, 0.3) is 0 Å². The lowest BCUT2D eigenvalue weighted by Gasteiger charge is -2.39. The molecule has 4 rings (SSSR count). The van der Waals surface area contributed by atoms with E-state index in [9.17, 15) is 18.0 Å². The molecule has 3 atom stereocenters. The summed E-state index contributed by atoms with van der Waals surface area (Å²) in [6.07, 6.45) is 1.82. The van der Waals surface area contributed by atoms with Crippen LogP contribution in [0, 0.1) is 0 Å². The lowest BCUT2D eigenvalue weighted by molar-refractivity contribution is -0.275. The van der Waals surface area contributed by atoms with Crippen LogP contribution in [0.2, 0.25) is 0 Å². The molecule has 1 aromatic rings. The summed E-state index contributed by atoms with van der Waals surface area (Å²) in [4.78, 5) is 16.9. The largest absolute Gasteiger partial charge is 0.573 e. The topological polar surface area (TPSA) is 42.0 Å². The number of halogens is 3. The Bertz CT molecular complexity index is 765. The van der Waals surface area contributed by atoms with Crippen LogP contribution in [-0.2, 0) is 4.74 Å². The van der Waals surface area contributed by atoms with Crippen molar-refractivity contribution in [3.8, 4) is 5.75 Å². The van der Waals surface area contributed by atoms with Crippen molar-refractivity contribution in [3.05, 3.63) is 29.8 Å². The third-order valence-electron chi connectivity index (χ3n) is 7.11. The van der Waals surface area contributed by atoms with Crippen molar-refractivity contribution in [1.82, 2.24) is 9.80 Å². The van der Waals surface area contributed by atoms with Gasteiger partial charge in [-0.2, -0.15) is 0 Å². The number of alkyl halides is 3. The van der Waals surface area contributed by atoms with Crippen molar-refractivity contribution in [2.75, 3.05) is 19.7 Å². The summed E-state index contributed by atoms with van der Waals surface area (Å²) in [6, 6.07) is 7.43. The Hall–Kier alpha value is -1.96. The second-order valence-corrected chi connectivity index (χ2v) is 8.85. The molecule has 172 valence electrons. The Balaban J connectivity index is 1.37. The maximum atomic E-state index is 12.8. The van der Waals surface area contributed by atoms with Crippen molar-refractivity contribution < 1.29 is 27.4 Å². The molecule has 31 heavy (non-hydrogen) atoms. The minimum atomic E-state index is -4.68. The first-order valence-electron chi connectivity index (χ1n) is 11.4. The number of carbonyl (C=O) groups excluding carboxylic acids is 1. The van der Waals surface area contributed by atoms with Gasteiger partial charge in [-0.05, 0) is 82.5 Å². The highest BCUT2D eigenvalue weighted by molar-refractivity contribution is 5.69.